The summed E-state index contributed by atoms with van der Waals surface area (Å²) in [7, 11) is 0. The Labute approximate surface area is 159 Å². The fraction of sp³-hybridized carbons (Fsp3) is 0.391. The van der Waals surface area contributed by atoms with Crippen molar-refractivity contribution in [3.8, 4) is 18.1 Å². The van der Waals surface area contributed by atoms with Gasteiger partial charge in [-0.05, 0) is 61.1 Å². The first kappa shape index (κ1) is 18.0. The van der Waals surface area contributed by atoms with Gasteiger partial charge in [0.15, 0.2) is 0 Å². The van der Waals surface area contributed by atoms with Gasteiger partial charge in [0.25, 0.3) is 0 Å². The molecule has 2 heterocycles. The number of nitrogens with zero attached hydrogens (tertiary/aromatic N) is 1. The molecule has 4 heteroatoms. The van der Waals surface area contributed by atoms with Crippen molar-refractivity contribution in [2.45, 2.75) is 49.9 Å². The van der Waals surface area contributed by atoms with Crippen molar-refractivity contribution in [3.05, 3.63) is 65.5 Å². The third-order valence-electron chi connectivity index (χ3n) is 5.87. The van der Waals surface area contributed by atoms with Crippen LogP contribution in [0.15, 0.2) is 48.5 Å². The quantitative estimate of drug-likeness (QED) is 0.817. The molecule has 2 saturated heterocycles. The van der Waals surface area contributed by atoms with Crippen LogP contribution in [0.5, 0.6) is 5.75 Å². The molecule has 0 amide bonds. The van der Waals surface area contributed by atoms with Crippen LogP contribution < -0.4 is 4.74 Å². The molecule has 140 valence electrons. The summed E-state index contributed by atoms with van der Waals surface area (Å²) >= 11 is 0. The van der Waals surface area contributed by atoms with Gasteiger partial charge in [-0.2, -0.15) is 0 Å². The third-order valence-corrected chi connectivity index (χ3v) is 5.87. The van der Waals surface area contributed by atoms with E-state index >= 15 is 0 Å². The summed E-state index contributed by atoms with van der Waals surface area (Å²) in [4.78, 5) is 2.48. The van der Waals surface area contributed by atoms with E-state index in [1.165, 1.54) is 17.7 Å². The summed E-state index contributed by atoms with van der Waals surface area (Å²) in [6, 6.07) is 15.0. The first-order valence-electron chi connectivity index (χ1n) is 9.47. The maximum atomic E-state index is 13.6. The summed E-state index contributed by atoms with van der Waals surface area (Å²) in [5.41, 5.74) is 0.934. The van der Waals surface area contributed by atoms with E-state index in [1.54, 1.807) is 6.07 Å². The van der Waals surface area contributed by atoms with Gasteiger partial charge >= 0.3 is 0 Å². The van der Waals surface area contributed by atoms with Crippen molar-refractivity contribution >= 4 is 0 Å². The standard InChI is InChI=1S/C23H24FNO2/c1-2-11-27-22-8-3-5-17(12-22)16-25-20-9-10-21(25)15-23(26,14-20)18-6-4-7-19(24)13-18/h1,3-8,12-13,20-21,26H,9-11,14-16H2/t20-,21-/m0/s1. The molecule has 0 unspecified atom stereocenters. The van der Waals surface area contributed by atoms with E-state index in [1.807, 2.05) is 24.3 Å². The number of hydrogen-bond acceptors (Lipinski definition) is 3. The van der Waals surface area contributed by atoms with Crippen molar-refractivity contribution in [2.75, 3.05) is 6.61 Å². The van der Waals surface area contributed by atoms with Gasteiger partial charge in [0, 0.05) is 18.6 Å². The maximum absolute atomic E-state index is 13.6. The number of piperidine rings is 1. The zero-order chi connectivity index (χ0) is 18.9. The van der Waals surface area contributed by atoms with E-state index in [4.69, 9.17) is 11.2 Å². The second-order valence-corrected chi connectivity index (χ2v) is 7.65. The van der Waals surface area contributed by atoms with Crippen LogP contribution in [0, 0.1) is 18.2 Å². The number of benzene rings is 2. The SMILES string of the molecule is C#CCOc1cccc(CN2[C@H]3CC[C@H]2CC(O)(c2cccc(F)c2)C3)c1. The first-order chi connectivity index (χ1) is 13.1. The molecule has 0 aliphatic carbocycles. The highest BCUT2D eigenvalue weighted by Gasteiger charge is 2.48. The van der Waals surface area contributed by atoms with E-state index in [9.17, 15) is 9.50 Å². The topological polar surface area (TPSA) is 32.7 Å². The number of hydrogen-bond donors (Lipinski definition) is 1. The Bertz CT molecular complexity index is 845. The second kappa shape index (κ2) is 7.34. The fourth-order valence-electron chi connectivity index (χ4n) is 4.66. The van der Waals surface area contributed by atoms with Gasteiger partial charge in [-0.15, -0.1) is 6.42 Å². The summed E-state index contributed by atoms with van der Waals surface area (Å²) in [6.07, 6.45) is 8.67. The zero-order valence-electron chi connectivity index (χ0n) is 15.3. The molecule has 4 rings (SSSR count). The molecule has 0 spiro atoms. The summed E-state index contributed by atoms with van der Waals surface area (Å²) < 4.78 is 19.2. The Hall–Kier alpha value is -2.35. The van der Waals surface area contributed by atoms with Crippen LogP contribution in [0.1, 0.15) is 36.8 Å². The maximum Gasteiger partial charge on any atom is 0.148 e. The molecule has 2 fully saturated rings. The molecule has 0 aromatic heterocycles. The summed E-state index contributed by atoms with van der Waals surface area (Å²) in [5.74, 6) is 2.97. The van der Waals surface area contributed by atoms with E-state index in [0.717, 1.165) is 25.1 Å². The first-order valence-corrected chi connectivity index (χ1v) is 9.47. The Kier molecular flexibility index (Phi) is 4.90. The molecule has 2 aromatic carbocycles. The Morgan fingerprint density at radius 2 is 1.89 bits per heavy atom. The van der Waals surface area contributed by atoms with Crippen LogP contribution in [0.2, 0.25) is 0 Å². The summed E-state index contributed by atoms with van der Waals surface area (Å²) in [5, 5.41) is 11.2. The number of fused-ring (bicyclic) bond motifs is 2. The molecule has 2 atom stereocenters. The minimum atomic E-state index is -0.942. The molecule has 2 aliphatic rings. The molecular weight excluding hydrogens is 341 g/mol. The number of halogens is 1. The molecule has 0 radical (unpaired) electrons. The lowest BCUT2D eigenvalue weighted by Gasteiger charge is -2.44. The van der Waals surface area contributed by atoms with Crippen LogP contribution >= 0.6 is 0 Å². The predicted octanol–water partition coefficient (Wildman–Crippen LogP) is 3.85. The van der Waals surface area contributed by atoms with E-state index in [0.29, 0.717) is 30.5 Å². The molecule has 3 nitrogen and oxygen atoms in total. The number of aliphatic hydroxyl groups is 1. The monoisotopic (exact) mass is 365 g/mol. The average Bonchev–Trinajstić information content (AvgIpc) is 2.90. The smallest absolute Gasteiger partial charge is 0.148 e. The van der Waals surface area contributed by atoms with Gasteiger partial charge in [-0.1, -0.05) is 30.2 Å². The molecule has 2 bridgehead atoms. The highest BCUT2D eigenvalue weighted by molar-refractivity contribution is 5.30. The van der Waals surface area contributed by atoms with Crippen LogP contribution in [-0.2, 0) is 12.1 Å². The van der Waals surface area contributed by atoms with Crippen LogP contribution in [0.25, 0.3) is 0 Å². The van der Waals surface area contributed by atoms with Gasteiger partial charge in [-0.25, -0.2) is 4.39 Å². The molecule has 27 heavy (non-hydrogen) atoms. The Balaban J connectivity index is 1.49. The van der Waals surface area contributed by atoms with Crippen molar-refractivity contribution in [2.24, 2.45) is 0 Å². The van der Waals surface area contributed by atoms with Crippen LogP contribution in [-0.4, -0.2) is 28.7 Å². The minimum Gasteiger partial charge on any atom is -0.481 e. The molecule has 0 saturated carbocycles. The van der Waals surface area contributed by atoms with E-state index in [2.05, 4.69) is 16.9 Å². The average molecular weight is 365 g/mol. The highest BCUT2D eigenvalue weighted by atomic mass is 19.1. The van der Waals surface area contributed by atoms with Gasteiger partial charge in [-0.3, -0.25) is 4.90 Å². The second-order valence-electron chi connectivity index (χ2n) is 7.65. The van der Waals surface area contributed by atoms with Crippen LogP contribution in [0.3, 0.4) is 0 Å². The minimum absolute atomic E-state index is 0.263. The lowest BCUT2D eigenvalue weighted by atomic mass is 9.80. The van der Waals surface area contributed by atoms with Crippen LogP contribution in [0.4, 0.5) is 4.39 Å². The van der Waals surface area contributed by atoms with Crippen molar-refractivity contribution < 1.29 is 14.2 Å². The van der Waals surface area contributed by atoms with E-state index in [-0.39, 0.29) is 12.4 Å². The number of terminal acetylenes is 1. The number of rotatable bonds is 5. The highest BCUT2D eigenvalue weighted by Crippen LogP contribution is 2.46. The summed E-state index contributed by atoms with van der Waals surface area (Å²) in [6.45, 7) is 1.08. The molecule has 2 aliphatic heterocycles. The van der Waals surface area contributed by atoms with Gasteiger partial charge in [0.1, 0.15) is 18.2 Å². The third kappa shape index (κ3) is 3.71. The lowest BCUT2D eigenvalue weighted by Crippen LogP contribution is -2.49. The molecular formula is C23H24FNO2. The normalized spacial score (nSPS) is 27.3. The lowest BCUT2D eigenvalue weighted by molar-refractivity contribution is -0.0596. The Morgan fingerprint density at radius 1 is 1.15 bits per heavy atom. The molecule has 1 N–H and O–H groups in total. The fourth-order valence-corrected chi connectivity index (χ4v) is 4.66. The molecule has 2 aromatic rings. The zero-order valence-corrected chi connectivity index (χ0v) is 15.3. The van der Waals surface area contributed by atoms with Gasteiger partial charge in [0.05, 0.1) is 5.60 Å². The van der Waals surface area contributed by atoms with Gasteiger partial charge in [0.2, 0.25) is 0 Å². The number of ether oxygens (including phenoxy) is 1. The largest absolute Gasteiger partial charge is 0.481 e. The predicted molar refractivity (Wildman–Crippen MR) is 103 cm³/mol. The van der Waals surface area contributed by atoms with Gasteiger partial charge < -0.3 is 9.84 Å². The van der Waals surface area contributed by atoms with Crippen molar-refractivity contribution in [1.29, 1.82) is 0 Å². The van der Waals surface area contributed by atoms with Crippen molar-refractivity contribution in [3.63, 3.8) is 0 Å². The van der Waals surface area contributed by atoms with E-state index < -0.39 is 5.60 Å². The Morgan fingerprint density at radius 3 is 2.59 bits per heavy atom. The van der Waals surface area contributed by atoms with Crippen molar-refractivity contribution in [1.82, 2.24) is 4.90 Å².